The summed E-state index contributed by atoms with van der Waals surface area (Å²) < 4.78 is 18.0. The molecule has 0 unspecified atom stereocenters. The molecule has 1 N–H and O–H groups in total. The molecule has 1 aromatic carbocycles. The molecule has 0 aliphatic carbocycles. The minimum atomic E-state index is -0.416. The number of methoxy groups -OCH3 is 1. The van der Waals surface area contributed by atoms with Crippen LogP contribution in [0.2, 0.25) is 5.02 Å². The van der Waals surface area contributed by atoms with E-state index in [9.17, 15) is 4.39 Å². The molecule has 0 aliphatic heterocycles. The quantitative estimate of drug-likeness (QED) is 0.814. The maximum atomic E-state index is 13.0. The van der Waals surface area contributed by atoms with Crippen molar-refractivity contribution in [1.29, 1.82) is 0 Å². The van der Waals surface area contributed by atoms with Gasteiger partial charge in [0.1, 0.15) is 5.82 Å². The zero-order valence-electron chi connectivity index (χ0n) is 9.83. The van der Waals surface area contributed by atoms with Gasteiger partial charge >= 0.3 is 0 Å². The van der Waals surface area contributed by atoms with Crippen molar-refractivity contribution in [2.24, 2.45) is 0 Å². The number of ether oxygens (including phenoxy) is 1. The molecule has 3 nitrogen and oxygen atoms in total. The Morgan fingerprint density at radius 2 is 2.18 bits per heavy atom. The van der Waals surface area contributed by atoms with E-state index in [1.165, 1.54) is 6.07 Å². The Labute approximate surface area is 106 Å². The summed E-state index contributed by atoms with van der Waals surface area (Å²) in [6.45, 7) is 2.56. The molecule has 0 amide bonds. The van der Waals surface area contributed by atoms with Crippen LogP contribution in [0.4, 0.5) is 4.39 Å². The van der Waals surface area contributed by atoms with Crippen LogP contribution < -0.4 is 0 Å². The molecule has 1 rings (SSSR count). The van der Waals surface area contributed by atoms with Gasteiger partial charge in [0.25, 0.3) is 0 Å². The highest BCUT2D eigenvalue weighted by Crippen LogP contribution is 2.17. The fraction of sp³-hybridized carbons (Fsp3) is 0.500. The van der Waals surface area contributed by atoms with E-state index in [2.05, 4.69) is 0 Å². The largest absolute Gasteiger partial charge is 0.395 e. The van der Waals surface area contributed by atoms with E-state index < -0.39 is 5.82 Å². The lowest BCUT2D eigenvalue weighted by atomic mass is 10.2. The van der Waals surface area contributed by atoms with E-state index in [0.717, 1.165) is 5.56 Å². The van der Waals surface area contributed by atoms with Crippen LogP contribution in [0.3, 0.4) is 0 Å². The summed E-state index contributed by atoms with van der Waals surface area (Å²) in [4.78, 5) is 2.02. The second-order valence-electron chi connectivity index (χ2n) is 3.74. The summed E-state index contributed by atoms with van der Waals surface area (Å²) in [5, 5.41) is 9.07. The topological polar surface area (TPSA) is 32.7 Å². The first kappa shape index (κ1) is 14.4. The number of halogens is 2. The van der Waals surface area contributed by atoms with Gasteiger partial charge in [-0.3, -0.25) is 4.90 Å². The van der Waals surface area contributed by atoms with E-state index in [0.29, 0.717) is 26.2 Å². The summed E-state index contributed by atoms with van der Waals surface area (Å²) >= 11 is 5.71. The molecule has 1 aromatic rings. The van der Waals surface area contributed by atoms with Crippen LogP contribution >= 0.6 is 11.6 Å². The Morgan fingerprint density at radius 3 is 2.76 bits per heavy atom. The van der Waals surface area contributed by atoms with E-state index in [4.69, 9.17) is 21.4 Å². The molecule has 0 aliphatic rings. The van der Waals surface area contributed by atoms with E-state index in [1.54, 1.807) is 19.2 Å². The molecule has 0 saturated carbocycles. The van der Waals surface area contributed by atoms with Gasteiger partial charge in [-0.25, -0.2) is 4.39 Å². The fourth-order valence-corrected chi connectivity index (χ4v) is 1.73. The van der Waals surface area contributed by atoms with Crippen molar-refractivity contribution in [3.8, 4) is 0 Å². The third-order valence-corrected chi connectivity index (χ3v) is 2.71. The van der Waals surface area contributed by atoms with E-state index in [1.807, 2.05) is 4.90 Å². The molecule has 0 heterocycles. The number of rotatable bonds is 7. The Hall–Kier alpha value is -0.680. The second kappa shape index (κ2) is 7.61. The SMILES string of the molecule is COCCN(CCO)Cc1ccc(F)c(Cl)c1. The van der Waals surface area contributed by atoms with Gasteiger partial charge in [-0.05, 0) is 17.7 Å². The van der Waals surface area contributed by atoms with Gasteiger partial charge in [0, 0.05) is 26.7 Å². The minimum Gasteiger partial charge on any atom is -0.395 e. The van der Waals surface area contributed by atoms with Crippen LogP contribution in [-0.4, -0.2) is 43.4 Å². The molecule has 0 bridgehead atoms. The summed E-state index contributed by atoms with van der Waals surface area (Å²) in [5.74, 6) is -0.416. The van der Waals surface area contributed by atoms with Crippen LogP contribution in [0.5, 0.6) is 0 Å². The van der Waals surface area contributed by atoms with Gasteiger partial charge in [0.05, 0.1) is 18.2 Å². The van der Waals surface area contributed by atoms with Crippen molar-refractivity contribution in [1.82, 2.24) is 4.90 Å². The number of nitrogens with zero attached hydrogens (tertiary/aromatic N) is 1. The Bertz CT molecular complexity index is 349. The molecule has 0 aromatic heterocycles. The standard InChI is InChI=1S/C12H17ClFNO2/c1-17-7-5-15(4-6-16)9-10-2-3-12(14)11(13)8-10/h2-3,8,16H,4-7,9H2,1H3. The first-order chi connectivity index (χ1) is 8.17. The minimum absolute atomic E-state index is 0.0820. The van der Waals surface area contributed by atoms with Crippen molar-refractivity contribution >= 4 is 11.6 Å². The van der Waals surface area contributed by atoms with Crippen LogP contribution in [0.15, 0.2) is 18.2 Å². The van der Waals surface area contributed by atoms with Gasteiger partial charge in [-0.1, -0.05) is 17.7 Å². The number of hydrogen-bond acceptors (Lipinski definition) is 3. The van der Waals surface area contributed by atoms with Gasteiger partial charge in [-0.2, -0.15) is 0 Å². The maximum absolute atomic E-state index is 13.0. The summed E-state index contributed by atoms with van der Waals surface area (Å²) in [5.41, 5.74) is 0.918. The Morgan fingerprint density at radius 1 is 1.41 bits per heavy atom. The molecule has 0 radical (unpaired) electrons. The smallest absolute Gasteiger partial charge is 0.141 e. The average molecular weight is 262 g/mol. The predicted molar refractivity (Wildman–Crippen MR) is 65.6 cm³/mol. The molecule has 96 valence electrons. The fourth-order valence-electron chi connectivity index (χ4n) is 1.53. The lowest BCUT2D eigenvalue weighted by Crippen LogP contribution is -2.29. The van der Waals surface area contributed by atoms with Gasteiger partial charge in [0.2, 0.25) is 0 Å². The molecule has 0 spiro atoms. The molecule has 0 atom stereocenters. The van der Waals surface area contributed by atoms with E-state index in [-0.39, 0.29) is 11.6 Å². The van der Waals surface area contributed by atoms with Crippen molar-refractivity contribution in [3.63, 3.8) is 0 Å². The molecular weight excluding hydrogens is 245 g/mol. The highest BCUT2D eigenvalue weighted by atomic mass is 35.5. The number of aliphatic hydroxyl groups is 1. The second-order valence-corrected chi connectivity index (χ2v) is 4.15. The molecule has 0 fully saturated rings. The van der Waals surface area contributed by atoms with Crippen molar-refractivity contribution < 1.29 is 14.2 Å². The molecule has 0 saturated heterocycles. The van der Waals surface area contributed by atoms with Gasteiger partial charge < -0.3 is 9.84 Å². The van der Waals surface area contributed by atoms with Crippen molar-refractivity contribution in [2.45, 2.75) is 6.54 Å². The molecule has 17 heavy (non-hydrogen) atoms. The van der Waals surface area contributed by atoms with Crippen LogP contribution in [0, 0.1) is 5.82 Å². The monoisotopic (exact) mass is 261 g/mol. The third-order valence-electron chi connectivity index (χ3n) is 2.42. The zero-order chi connectivity index (χ0) is 12.7. The summed E-state index contributed by atoms with van der Waals surface area (Å²) in [6.07, 6.45) is 0. The first-order valence-electron chi connectivity index (χ1n) is 5.43. The van der Waals surface area contributed by atoms with Crippen LogP contribution in [0.1, 0.15) is 5.56 Å². The maximum Gasteiger partial charge on any atom is 0.141 e. The third kappa shape index (κ3) is 5.00. The van der Waals surface area contributed by atoms with Crippen LogP contribution in [-0.2, 0) is 11.3 Å². The number of aliphatic hydroxyl groups excluding tert-OH is 1. The van der Waals surface area contributed by atoms with Crippen LogP contribution in [0.25, 0.3) is 0 Å². The Balaban J connectivity index is 2.61. The van der Waals surface area contributed by atoms with E-state index >= 15 is 0 Å². The lowest BCUT2D eigenvalue weighted by Gasteiger charge is -2.21. The molecular formula is C12H17ClFNO2. The van der Waals surface area contributed by atoms with Crippen molar-refractivity contribution in [3.05, 3.63) is 34.6 Å². The zero-order valence-corrected chi connectivity index (χ0v) is 10.6. The van der Waals surface area contributed by atoms with Gasteiger partial charge in [0.15, 0.2) is 0 Å². The summed E-state index contributed by atoms with van der Waals surface area (Å²) in [7, 11) is 1.63. The van der Waals surface area contributed by atoms with Crippen molar-refractivity contribution in [2.75, 3.05) is 33.4 Å². The summed E-state index contributed by atoms with van der Waals surface area (Å²) in [6, 6.07) is 4.65. The lowest BCUT2D eigenvalue weighted by molar-refractivity contribution is 0.127. The number of benzene rings is 1. The highest BCUT2D eigenvalue weighted by Gasteiger charge is 2.07. The normalized spacial score (nSPS) is 11.1. The average Bonchev–Trinajstić information content (AvgIpc) is 2.31. The first-order valence-corrected chi connectivity index (χ1v) is 5.81. The number of hydrogen-bond donors (Lipinski definition) is 1. The molecule has 5 heteroatoms. The Kier molecular flexibility index (Phi) is 6.44. The highest BCUT2D eigenvalue weighted by molar-refractivity contribution is 6.30. The van der Waals surface area contributed by atoms with Gasteiger partial charge in [-0.15, -0.1) is 0 Å². The predicted octanol–water partition coefficient (Wildman–Crippen LogP) is 1.92.